The number of ether oxygens (including phenoxy) is 1. The number of carbonyl (C=O) groups is 2. The maximum absolute atomic E-state index is 11.3. The SMILES string of the molecule is CC1CCC(C(=O)NCCC(=O)O)O1. The summed E-state index contributed by atoms with van der Waals surface area (Å²) in [6.45, 7) is 2.09. The Bertz CT molecular complexity index is 229. The Morgan fingerprint density at radius 3 is 2.71 bits per heavy atom. The summed E-state index contributed by atoms with van der Waals surface area (Å²) in [6, 6.07) is 0. The highest BCUT2D eigenvalue weighted by atomic mass is 16.5. The standard InChI is InChI=1S/C9H15NO4/c1-6-2-3-7(14-6)9(13)10-5-4-8(11)12/h6-7H,2-5H2,1H3,(H,10,13)(H,11,12). The molecule has 1 rings (SSSR count). The summed E-state index contributed by atoms with van der Waals surface area (Å²) >= 11 is 0. The minimum Gasteiger partial charge on any atom is -0.481 e. The van der Waals surface area contributed by atoms with Crippen molar-refractivity contribution in [3.05, 3.63) is 0 Å². The molecule has 2 atom stereocenters. The van der Waals surface area contributed by atoms with Gasteiger partial charge in [0.1, 0.15) is 6.10 Å². The molecule has 0 saturated carbocycles. The summed E-state index contributed by atoms with van der Waals surface area (Å²) in [7, 11) is 0. The lowest BCUT2D eigenvalue weighted by atomic mass is 10.2. The van der Waals surface area contributed by atoms with Crippen LogP contribution in [-0.4, -0.2) is 35.7 Å². The molecule has 1 aliphatic heterocycles. The molecule has 0 aromatic heterocycles. The van der Waals surface area contributed by atoms with Crippen LogP contribution in [0.3, 0.4) is 0 Å². The molecule has 0 aromatic rings. The molecule has 1 amide bonds. The highest BCUT2D eigenvalue weighted by molar-refractivity contribution is 5.81. The zero-order valence-electron chi connectivity index (χ0n) is 8.16. The summed E-state index contributed by atoms with van der Waals surface area (Å²) in [5.41, 5.74) is 0. The Morgan fingerprint density at radius 2 is 2.21 bits per heavy atom. The second-order valence-electron chi connectivity index (χ2n) is 3.45. The lowest BCUT2D eigenvalue weighted by molar-refractivity contribution is -0.137. The van der Waals surface area contributed by atoms with Gasteiger partial charge in [-0.05, 0) is 19.8 Å². The van der Waals surface area contributed by atoms with Crippen molar-refractivity contribution in [2.45, 2.75) is 38.4 Å². The average molecular weight is 201 g/mol. The molecule has 14 heavy (non-hydrogen) atoms. The molecule has 1 aliphatic rings. The van der Waals surface area contributed by atoms with Crippen molar-refractivity contribution in [1.82, 2.24) is 5.32 Å². The van der Waals surface area contributed by atoms with E-state index in [4.69, 9.17) is 9.84 Å². The van der Waals surface area contributed by atoms with Crippen LogP contribution in [0.5, 0.6) is 0 Å². The average Bonchev–Trinajstić information content (AvgIpc) is 2.51. The quantitative estimate of drug-likeness (QED) is 0.678. The van der Waals surface area contributed by atoms with Crippen LogP contribution in [0, 0.1) is 0 Å². The van der Waals surface area contributed by atoms with E-state index in [-0.39, 0.29) is 25.0 Å². The summed E-state index contributed by atoms with van der Waals surface area (Å²) in [6.07, 6.45) is 1.30. The Hall–Kier alpha value is -1.10. The Balaban J connectivity index is 2.18. The van der Waals surface area contributed by atoms with E-state index in [0.29, 0.717) is 0 Å². The van der Waals surface area contributed by atoms with Crippen molar-refractivity contribution in [3.8, 4) is 0 Å². The third-order valence-corrected chi connectivity index (χ3v) is 2.16. The zero-order valence-corrected chi connectivity index (χ0v) is 8.16. The molecule has 5 nitrogen and oxygen atoms in total. The van der Waals surface area contributed by atoms with Gasteiger partial charge in [0, 0.05) is 6.54 Å². The van der Waals surface area contributed by atoms with Crippen molar-refractivity contribution < 1.29 is 19.4 Å². The van der Waals surface area contributed by atoms with E-state index in [2.05, 4.69) is 5.32 Å². The van der Waals surface area contributed by atoms with Gasteiger partial charge in [-0.3, -0.25) is 9.59 Å². The molecular weight excluding hydrogens is 186 g/mol. The van der Waals surface area contributed by atoms with Crippen molar-refractivity contribution in [2.75, 3.05) is 6.54 Å². The molecule has 0 aliphatic carbocycles. The van der Waals surface area contributed by atoms with Gasteiger partial charge in [0.15, 0.2) is 0 Å². The highest BCUT2D eigenvalue weighted by Gasteiger charge is 2.27. The minimum absolute atomic E-state index is 0.0476. The number of rotatable bonds is 4. The molecule has 80 valence electrons. The number of carbonyl (C=O) groups excluding carboxylic acids is 1. The maximum atomic E-state index is 11.3. The number of aliphatic carboxylic acids is 1. The summed E-state index contributed by atoms with van der Waals surface area (Å²) in [5, 5.41) is 10.9. The first-order valence-corrected chi connectivity index (χ1v) is 4.74. The van der Waals surface area contributed by atoms with Gasteiger partial charge in [0.05, 0.1) is 12.5 Å². The van der Waals surface area contributed by atoms with Gasteiger partial charge >= 0.3 is 5.97 Å². The topological polar surface area (TPSA) is 75.6 Å². The number of hydrogen-bond donors (Lipinski definition) is 2. The molecule has 0 spiro atoms. The molecule has 0 aromatic carbocycles. The summed E-state index contributed by atoms with van der Waals surface area (Å²) < 4.78 is 5.32. The molecule has 5 heteroatoms. The summed E-state index contributed by atoms with van der Waals surface area (Å²) in [4.78, 5) is 21.5. The third kappa shape index (κ3) is 3.33. The lowest BCUT2D eigenvalue weighted by Gasteiger charge is -2.10. The van der Waals surface area contributed by atoms with E-state index in [1.807, 2.05) is 6.92 Å². The molecule has 1 heterocycles. The fraction of sp³-hybridized carbons (Fsp3) is 0.778. The molecule has 2 N–H and O–H groups in total. The first kappa shape index (κ1) is 11.0. The fourth-order valence-corrected chi connectivity index (χ4v) is 1.40. The summed E-state index contributed by atoms with van der Waals surface area (Å²) in [5.74, 6) is -1.11. The van der Waals surface area contributed by atoms with Gasteiger partial charge in [-0.1, -0.05) is 0 Å². The predicted molar refractivity (Wildman–Crippen MR) is 48.8 cm³/mol. The van der Waals surface area contributed by atoms with Gasteiger partial charge in [-0.25, -0.2) is 0 Å². The van der Waals surface area contributed by atoms with Crippen LogP contribution in [0.1, 0.15) is 26.2 Å². The maximum Gasteiger partial charge on any atom is 0.305 e. The van der Waals surface area contributed by atoms with Crippen LogP contribution < -0.4 is 5.32 Å². The molecule has 0 bridgehead atoms. The van der Waals surface area contributed by atoms with Gasteiger partial charge in [-0.2, -0.15) is 0 Å². The highest BCUT2D eigenvalue weighted by Crippen LogP contribution is 2.18. The Kier molecular flexibility index (Phi) is 3.88. The van der Waals surface area contributed by atoms with Gasteiger partial charge in [0.2, 0.25) is 5.91 Å². The molecular formula is C9H15NO4. The van der Waals surface area contributed by atoms with Gasteiger partial charge in [0.25, 0.3) is 0 Å². The lowest BCUT2D eigenvalue weighted by Crippen LogP contribution is -2.35. The zero-order chi connectivity index (χ0) is 10.6. The van der Waals surface area contributed by atoms with Crippen LogP contribution in [-0.2, 0) is 14.3 Å². The number of amides is 1. The number of carboxylic acids is 1. The van der Waals surface area contributed by atoms with E-state index < -0.39 is 12.1 Å². The second-order valence-corrected chi connectivity index (χ2v) is 3.45. The van der Waals surface area contributed by atoms with Crippen LogP contribution in [0.25, 0.3) is 0 Å². The van der Waals surface area contributed by atoms with Gasteiger partial charge in [-0.15, -0.1) is 0 Å². The molecule has 0 radical (unpaired) electrons. The molecule has 1 saturated heterocycles. The number of hydrogen-bond acceptors (Lipinski definition) is 3. The first-order valence-electron chi connectivity index (χ1n) is 4.74. The van der Waals surface area contributed by atoms with Crippen LogP contribution >= 0.6 is 0 Å². The largest absolute Gasteiger partial charge is 0.481 e. The van der Waals surface area contributed by atoms with Crippen molar-refractivity contribution in [1.29, 1.82) is 0 Å². The monoisotopic (exact) mass is 201 g/mol. The number of carboxylic acid groups (broad SMARTS) is 1. The number of nitrogens with one attached hydrogen (secondary N) is 1. The third-order valence-electron chi connectivity index (χ3n) is 2.16. The molecule has 2 unspecified atom stereocenters. The van der Waals surface area contributed by atoms with Crippen LogP contribution in [0.2, 0.25) is 0 Å². The Morgan fingerprint density at radius 1 is 1.50 bits per heavy atom. The van der Waals surface area contributed by atoms with Crippen LogP contribution in [0.4, 0.5) is 0 Å². The van der Waals surface area contributed by atoms with E-state index in [0.717, 1.165) is 12.8 Å². The Labute approximate surface area is 82.4 Å². The van der Waals surface area contributed by atoms with Crippen molar-refractivity contribution >= 4 is 11.9 Å². The molecule has 1 fully saturated rings. The second kappa shape index (κ2) is 4.95. The predicted octanol–water partition coefficient (Wildman–Crippen LogP) is 0.145. The van der Waals surface area contributed by atoms with E-state index in [1.54, 1.807) is 0 Å². The van der Waals surface area contributed by atoms with Gasteiger partial charge < -0.3 is 15.2 Å². The van der Waals surface area contributed by atoms with Crippen LogP contribution in [0.15, 0.2) is 0 Å². The van der Waals surface area contributed by atoms with E-state index in [1.165, 1.54) is 0 Å². The van der Waals surface area contributed by atoms with Crippen molar-refractivity contribution in [2.24, 2.45) is 0 Å². The van der Waals surface area contributed by atoms with Crippen molar-refractivity contribution in [3.63, 3.8) is 0 Å². The fourth-order valence-electron chi connectivity index (χ4n) is 1.40. The minimum atomic E-state index is -0.911. The van der Waals surface area contributed by atoms with E-state index in [9.17, 15) is 9.59 Å². The smallest absolute Gasteiger partial charge is 0.305 e. The first-order chi connectivity index (χ1) is 6.59. The van der Waals surface area contributed by atoms with E-state index >= 15 is 0 Å². The normalized spacial score (nSPS) is 26.1.